The number of carbonyl (C=O) groups excluding carboxylic acids is 1. The van der Waals surface area contributed by atoms with Crippen molar-refractivity contribution < 1.29 is 14.7 Å². The van der Waals surface area contributed by atoms with Gasteiger partial charge in [0.2, 0.25) is 0 Å². The number of carboxylic acids is 1. The number of nitrogens with one attached hydrogen (secondary N) is 1. The molecule has 1 amide bonds. The van der Waals surface area contributed by atoms with Crippen LogP contribution in [0.1, 0.15) is 37.2 Å². The number of aromatic nitrogens is 3. The van der Waals surface area contributed by atoms with Gasteiger partial charge in [0, 0.05) is 24.2 Å². The van der Waals surface area contributed by atoms with Gasteiger partial charge in [-0.3, -0.25) is 9.48 Å². The van der Waals surface area contributed by atoms with Crippen LogP contribution >= 0.6 is 11.3 Å². The molecule has 2 N–H and O–H groups in total. The first-order chi connectivity index (χ1) is 10.4. The molecule has 0 fully saturated rings. The van der Waals surface area contributed by atoms with Crippen LogP contribution in [0.5, 0.6) is 0 Å². The first kappa shape index (κ1) is 16.2. The van der Waals surface area contributed by atoms with Crippen molar-refractivity contribution in [3.8, 4) is 10.6 Å². The summed E-state index contributed by atoms with van der Waals surface area (Å²) in [5, 5.41) is 18.2. The van der Waals surface area contributed by atoms with Crippen molar-refractivity contribution in [3.63, 3.8) is 0 Å². The van der Waals surface area contributed by atoms with Crippen LogP contribution in [0.25, 0.3) is 10.6 Å². The number of aliphatic carboxylic acids is 1. The van der Waals surface area contributed by atoms with Crippen molar-refractivity contribution >= 4 is 23.2 Å². The fourth-order valence-corrected chi connectivity index (χ4v) is 2.86. The summed E-state index contributed by atoms with van der Waals surface area (Å²) in [6.07, 6.45) is 4.48. The van der Waals surface area contributed by atoms with E-state index < -0.39 is 17.4 Å². The highest BCUT2D eigenvalue weighted by Gasteiger charge is 2.34. The van der Waals surface area contributed by atoms with Crippen molar-refractivity contribution in [3.05, 3.63) is 23.5 Å². The second-order valence-corrected chi connectivity index (χ2v) is 6.14. The number of carbonyl (C=O) groups is 2. The summed E-state index contributed by atoms with van der Waals surface area (Å²) in [5.74, 6) is -1.53. The van der Waals surface area contributed by atoms with E-state index >= 15 is 0 Å². The Hall–Kier alpha value is -2.22. The van der Waals surface area contributed by atoms with E-state index in [-0.39, 0.29) is 5.69 Å². The minimum atomic E-state index is -1.29. The summed E-state index contributed by atoms with van der Waals surface area (Å²) in [4.78, 5) is 27.9. The van der Waals surface area contributed by atoms with E-state index in [1.807, 2.05) is 6.92 Å². The van der Waals surface area contributed by atoms with Gasteiger partial charge in [0.05, 0.1) is 6.20 Å². The van der Waals surface area contributed by atoms with Crippen LogP contribution < -0.4 is 5.32 Å². The molecular weight excluding hydrogens is 304 g/mol. The molecule has 22 heavy (non-hydrogen) atoms. The Morgan fingerprint density at radius 1 is 1.50 bits per heavy atom. The van der Waals surface area contributed by atoms with Crippen molar-refractivity contribution in [2.24, 2.45) is 7.05 Å². The third kappa shape index (κ3) is 3.33. The Bertz CT molecular complexity index is 694. The van der Waals surface area contributed by atoms with Gasteiger partial charge in [-0.25, -0.2) is 9.78 Å². The van der Waals surface area contributed by atoms with Gasteiger partial charge in [0.15, 0.2) is 0 Å². The van der Waals surface area contributed by atoms with Crippen molar-refractivity contribution in [1.29, 1.82) is 0 Å². The number of rotatable bonds is 6. The molecule has 118 valence electrons. The second kappa shape index (κ2) is 6.27. The first-order valence-corrected chi connectivity index (χ1v) is 7.74. The predicted molar refractivity (Wildman–Crippen MR) is 82.7 cm³/mol. The summed E-state index contributed by atoms with van der Waals surface area (Å²) in [6.45, 7) is 3.38. The zero-order valence-corrected chi connectivity index (χ0v) is 13.5. The summed E-state index contributed by atoms with van der Waals surface area (Å²) in [7, 11) is 1.80. The molecule has 1 unspecified atom stereocenters. The molecule has 0 spiro atoms. The van der Waals surface area contributed by atoms with Crippen LogP contribution in [-0.4, -0.2) is 37.3 Å². The maximum absolute atomic E-state index is 12.2. The van der Waals surface area contributed by atoms with Gasteiger partial charge in [-0.15, -0.1) is 11.3 Å². The van der Waals surface area contributed by atoms with Crippen LogP contribution in [0, 0.1) is 0 Å². The zero-order valence-electron chi connectivity index (χ0n) is 12.7. The third-order valence-corrected chi connectivity index (χ3v) is 4.19. The number of hydrogen-bond donors (Lipinski definition) is 2. The molecule has 0 radical (unpaired) electrons. The largest absolute Gasteiger partial charge is 0.480 e. The van der Waals surface area contributed by atoms with Crippen LogP contribution in [0.2, 0.25) is 0 Å². The monoisotopic (exact) mass is 322 g/mol. The van der Waals surface area contributed by atoms with E-state index in [0.29, 0.717) is 17.8 Å². The number of aryl methyl sites for hydroxylation is 1. The van der Waals surface area contributed by atoms with Gasteiger partial charge in [0.25, 0.3) is 5.91 Å². The molecule has 0 aromatic carbocycles. The number of hydrogen-bond acceptors (Lipinski definition) is 5. The third-order valence-electron chi connectivity index (χ3n) is 3.30. The smallest absolute Gasteiger partial charge is 0.329 e. The lowest BCUT2D eigenvalue weighted by Crippen LogP contribution is -2.52. The van der Waals surface area contributed by atoms with Gasteiger partial charge in [-0.05, 0) is 13.3 Å². The Balaban J connectivity index is 2.16. The molecule has 0 bridgehead atoms. The zero-order chi connectivity index (χ0) is 16.3. The highest BCUT2D eigenvalue weighted by atomic mass is 32.1. The molecule has 2 aromatic heterocycles. The van der Waals surface area contributed by atoms with Crippen LogP contribution in [0.4, 0.5) is 0 Å². The van der Waals surface area contributed by atoms with Gasteiger partial charge >= 0.3 is 5.97 Å². The quantitative estimate of drug-likeness (QED) is 0.847. The summed E-state index contributed by atoms with van der Waals surface area (Å²) in [6, 6.07) is 0. The maximum Gasteiger partial charge on any atom is 0.329 e. The molecule has 2 aromatic rings. The highest BCUT2D eigenvalue weighted by molar-refractivity contribution is 7.13. The lowest BCUT2D eigenvalue weighted by molar-refractivity contribution is -0.144. The Kier molecular flexibility index (Phi) is 4.60. The lowest BCUT2D eigenvalue weighted by Gasteiger charge is -2.25. The molecule has 0 aliphatic rings. The number of thiazole rings is 1. The first-order valence-electron chi connectivity index (χ1n) is 6.86. The number of carboxylic acid groups (broad SMARTS) is 1. The Morgan fingerprint density at radius 3 is 2.77 bits per heavy atom. The second-order valence-electron chi connectivity index (χ2n) is 5.28. The molecule has 0 aliphatic carbocycles. The van der Waals surface area contributed by atoms with Gasteiger partial charge in [-0.1, -0.05) is 13.3 Å². The minimum Gasteiger partial charge on any atom is -0.480 e. The fourth-order valence-electron chi connectivity index (χ4n) is 2.08. The number of amides is 1. The summed E-state index contributed by atoms with van der Waals surface area (Å²) < 4.78 is 1.65. The van der Waals surface area contributed by atoms with Gasteiger partial charge < -0.3 is 10.4 Å². The standard InChI is InChI=1S/C14H18N4O3S/c1-4-5-14(2,13(20)21)17-11(19)10-8-22-12(16-10)9-6-15-18(3)7-9/h6-8H,4-5H2,1-3H3,(H,17,19)(H,20,21). The van der Waals surface area contributed by atoms with E-state index in [0.717, 1.165) is 5.56 Å². The highest BCUT2D eigenvalue weighted by Crippen LogP contribution is 2.23. The molecule has 2 rings (SSSR count). The maximum atomic E-state index is 12.2. The summed E-state index contributed by atoms with van der Waals surface area (Å²) >= 11 is 1.32. The molecule has 1 atom stereocenters. The van der Waals surface area contributed by atoms with Crippen molar-refractivity contribution in [2.45, 2.75) is 32.2 Å². The van der Waals surface area contributed by atoms with E-state index in [4.69, 9.17) is 0 Å². The predicted octanol–water partition coefficient (Wildman–Crippen LogP) is 1.92. The SMILES string of the molecule is CCCC(C)(NC(=O)c1csc(-c2cnn(C)c2)n1)C(=O)O. The van der Waals surface area contributed by atoms with Crippen LogP contribution in [0.3, 0.4) is 0 Å². The molecular formula is C14H18N4O3S. The Morgan fingerprint density at radius 2 is 2.23 bits per heavy atom. The van der Waals surface area contributed by atoms with E-state index in [9.17, 15) is 14.7 Å². The molecule has 8 heteroatoms. The van der Waals surface area contributed by atoms with E-state index in [1.54, 1.807) is 29.5 Å². The average Bonchev–Trinajstić information content (AvgIpc) is 3.07. The number of nitrogens with zero attached hydrogens (tertiary/aromatic N) is 3. The van der Waals surface area contributed by atoms with Crippen molar-refractivity contribution in [2.75, 3.05) is 0 Å². The fraction of sp³-hybridized carbons (Fsp3) is 0.429. The minimum absolute atomic E-state index is 0.215. The van der Waals surface area contributed by atoms with Crippen LogP contribution in [-0.2, 0) is 11.8 Å². The molecule has 0 saturated carbocycles. The van der Waals surface area contributed by atoms with Gasteiger partial charge in [0.1, 0.15) is 16.2 Å². The molecule has 7 nitrogen and oxygen atoms in total. The van der Waals surface area contributed by atoms with E-state index in [2.05, 4.69) is 15.4 Å². The topological polar surface area (TPSA) is 97.1 Å². The average molecular weight is 322 g/mol. The van der Waals surface area contributed by atoms with Gasteiger partial charge in [-0.2, -0.15) is 5.10 Å². The van der Waals surface area contributed by atoms with Crippen molar-refractivity contribution in [1.82, 2.24) is 20.1 Å². The normalized spacial score (nSPS) is 13.6. The van der Waals surface area contributed by atoms with Crippen LogP contribution in [0.15, 0.2) is 17.8 Å². The molecule has 0 saturated heterocycles. The Labute approximate surface area is 132 Å². The molecule has 0 aliphatic heterocycles. The summed E-state index contributed by atoms with van der Waals surface area (Å²) in [5.41, 5.74) is -0.252. The lowest BCUT2D eigenvalue weighted by atomic mass is 9.96. The molecule has 2 heterocycles. The van der Waals surface area contributed by atoms with E-state index in [1.165, 1.54) is 18.3 Å².